The molecule has 1 amide bonds. The summed E-state index contributed by atoms with van der Waals surface area (Å²) >= 11 is 0. The average Bonchev–Trinajstić information content (AvgIpc) is 3.22. The van der Waals surface area contributed by atoms with Crippen molar-refractivity contribution in [2.45, 2.75) is 89.6 Å². The standard InChI is InChI=1S/C32H41N3O4/c1-31(2,3)39-30(38)35-28-12-9-11-24(27(28)21-33-35)20-23-10-5-8-19-34(22-23)29(37)32(17-6-4-7-18-32)25-13-15-26(36)16-14-25/h9,11-16,21,23,36H,4-8,10,17-20,22H2,1-3H3. The molecular weight excluding hydrogens is 490 g/mol. The first-order chi connectivity index (χ1) is 18.7. The molecule has 1 aliphatic heterocycles. The van der Waals surface area contributed by atoms with Crippen molar-refractivity contribution >= 4 is 22.9 Å². The first-order valence-corrected chi connectivity index (χ1v) is 14.4. The molecule has 2 fully saturated rings. The van der Waals surface area contributed by atoms with Gasteiger partial charge in [-0.25, -0.2) is 4.79 Å². The highest BCUT2D eigenvalue weighted by Crippen LogP contribution is 2.42. The van der Waals surface area contributed by atoms with Gasteiger partial charge in [-0.3, -0.25) is 4.79 Å². The third kappa shape index (κ3) is 5.82. The van der Waals surface area contributed by atoms with Crippen molar-refractivity contribution in [1.29, 1.82) is 0 Å². The zero-order chi connectivity index (χ0) is 27.6. The molecule has 0 radical (unpaired) electrons. The van der Waals surface area contributed by atoms with Crippen molar-refractivity contribution in [3.05, 3.63) is 59.8 Å². The van der Waals surface area contributed by atoms with Gasteiger partial charge in [0.05, 0.1) is 17.1 Å². The second-order valence-electron chi connectivity index (χ2n) is 12.4. The van der Waals surface area contributed by atoms with Gasteiger partial charge in [-0.2, -0.15) is 9.78 Å². The van der Waals surface area contributed by atoms with Gasteiger partial charge in [-0.05, 0) is 88.1 Å². The summed E-state index contributed by atoms with van der Waals surface area (Å²) in [6.45, 7) is 7.06. The summed E-state index contributed by atoms with van der Waals surface area (Å²) in [5, 5.41) is 15.2. The fourth-order valence-corrected chi connectivity index (χ4v) is 6.50. The number of aromatic hydroxyl groups is 1. The van der Waals surface area contributed by atoms with Crippen molar-refractivity contribution in [3.63, 3.8) is 0 Å². The Morgan fingerprint density at radius 1 is 1.03 bits per heavy atom. The smallest absolute Gasteiger partial charge is 0.435 e. The molecule has 1 saturated carbocycles. The number of rotatable bonds is 4. The van der Waals surface area contributed by atoms with Crippen molar-refractivity contribution < 1.29 is 19.4 Å². The van der Waals surface area contributed by atoms with Gasteiger partial charge in [0.25, 0.3) is 0 Å². The van der Waals surface area contributed by atoms with Crippen LogP contribution in [0.5, 0.6) is 5.75 Å². The molecule has 7 nitrogen and oxygen atoms in total. The van der Waals surface area contributed by atoms with Crippen molar-refractivity contribution in [3.8, 4) is 5.75 Å². The van der Waals surface area contributed by atoms with Gasteiger partial charge < -0.3 is 14.7 Å². The molecule has 5 rings (SSSR count). The minimum Gasteiger partial charge on any atom is -0.508 e. The lowest BCUT2D eigenvalue weighted by Gasteiger charge is -2.41. The van der Waals surface area contributed by atoms with Crippen molar-refractivity contribution in [2.24, 2.45) is 5.92 Å². The summed E-state index contributed by atoms with van der Waals surface area (Å²) in [5.74, 6) is 0.805. The van der Waals surface area contributed by atoms with Crippen LogP contribution in [0.4, 0.5) is 4.79 Å². The summed E-state index contributed by atoms with van der Waals surface area (Å²) in [5.41, 5.74) is 1.82. The molecule has 7 heteroatoms. The van der Waals surface area contributed by atoms with Crippen LogP contribution < -0.4 is 0 Å². The van der Waals surface area contributed by atoms with Gasteiger partial charge >= 0.3 is 6.09 Å². The number of phenols is 1. The van der Waals surface area contributed by atoms with Crippen LogP contribution in [-0.4, -0.2) is 50.5 Å². The number of aromatic nitrogens is 2. The van der Waals surface area contributed by atoms with Crippen LogP contribution in [0.1, 0.15) is 83.3 Å². The summed E-state index contributed by atoms with van der Waals surface area (Å²) in [7, 11) is 0. The van der Waals surface area contributed by atoms with E-state index in [1.54, 1.807) is 18.3 Å². The molecular formula is C32H41N3O4. The van der Waals surface area contributed by atoms with E-state index in [0.29, 0.717) is 5.92 Å². The molecule has 1 aliphatic carbocycles. The zero-order valence-corrected chi connectivity index (χ0v) is 23.5. The van der Waals surface area contributed by atoms with Gasteiger partial charge in [0.15, 0.2) is 0 Å². The Bertz CT molecular complexity index is 1320. The maximum Gasteiger partial charge on any atom is 0.435 e. The Morgan fingerprint density at radius 2 is 1.77 bits per heavy atom. The number of phenolic OH excluding ortho intramolecular Hbond substituents is 1. The molecule has 2 aliphatic rings. The Kier molecular flexibility index (Phi) is 7.70. The summed E-state index contributed by atoms with van der Waals surface area (Å²) in [4.78, 5) is 29.2. The number of benzene rings is 2. The predicted molar refractivity (Wildman–Crippen MR) is 152 cm³/mol. The fraction of sp³-hybridized carbons (Fsp3) is 0.531. The van der Waals surface area contributed by atoms with E-state index in [1.165, 1.54) is 4.68 Å². The van der Waals surface area contributed by atoms with E-state index in [1.807, 2.05) is 45.0 Å². The molecule has 1 atom stereocenters. The molecule has 1 unspecified atom stereocenters. The largest absolute Gasteiger partial charge is 0.508 e. The molecule has 2 heterocycles. The maximum atomic E-state index is 14.3. The van der Waals surface area contributed by atoms with Crippen LogP contribution in [0.15, 0.2) is 48.7 Å². The van der Waals surface area contributed by atoms with E-state index in [0.717, 1.165) is 92.9 Å². The summed E-state index contributed by atoms with van der Waals surface area (Å²) < 4.78 is 6.90. The minimum atomic E-state index is -0.598. The average molecular weight is 532 g/mol. The normalized spacial score (nSPS) is 20.0. The highest BCUT2D eigenvalue weighted by molar-refractivity contribution is 5.90. The number of amides is 1. The maximum absolute atomic E-state index is 14.3. The molecule has 1 aromatic heterocycles. The predicted octanol–water partition coefficient (Wildman–Crippen LogP) is 6.60. The number of nitrogens with zero attached hydrogens (tertiary/aromatic N) is 3. The van der Waals surface area contributed by atoms with Gasteiger partial charge in [-0.1, -0.05) is 49.9 Å². The van der Waals surface area contributed by atoms with Gasteiger partial charge in [0.2, 0.25) is 5.91 Å². The molecule has 0 bridgehead atoms. The molecule has 1 N–H and O–H groups in total. The van der Waals surface area contributed by atoms with Crippen molar-refractivity contribution in [2.75, 3.05) is 13.1 Å². The van der Waals surface area contributed by atoms with Crippen LogP contribution >= 0.6 is 0 Å². The number of carbonyl (C=O) groups excluding carboxylic acids is 2. The van der Waals surface area contributed by atoms with Crippen LogP contribution in [0, 0.1) is 5.92 Å². The lowest BCUT2D eigenvalue weighted by molar-refractivity contribution is -0.139. The highest BCUT2D eigenvalue weighted by Gasteiger charge is 2.44. The molecule has 3 aromatic rings. The summed E-state index contributed by atoms with van der Waals surface area (Å²) in [6, 6.07) is 13.3. The topological polar surface area (TPSA) is 84.7 Å². The van der Waals surface area contributed by atoms with Gasteiger partial charge in [-0.15, -0.1) is 0 Å². The quantitative estimate of drug-likeness (QED) is 0.410. The second-order valence-corrected chi connectivity index (χ2v) is 12.4. The third-order valence-electron chi connectivity index (χ3n) is 8.37. The zero-order valence-electron chi connectivity index (χ0n) is 23.5. The fourth-order valence-electron chi connectivity index (χ4n) is 6.50. The van der Waals surface area contributed by atoms with Gasteiger partial charge in [0.1, 0.15) is 11.4 Å². The first kappa shape index (κ1) is 27.2. The van der Waals surface area contributed by atoms with E-state index in [2.05, 4.69) is 16.1 Å². The molecule has 2 aromatic carbocycles. The van der Waals surface area contributed by atoms with Crippen LogP contribution in [-0.2, 0) is 21.4 Å². The SMILES string of the molecule is CC(C)(C)OC(=O)n1ncc2c(CC3CCCCN(C(=O)C4(c5ccc(O)cc5)CCCCC4)C3)cccc21. The molecule has 0 spiro atoms. The van der Waals surface area contributed by atoms with E-state index in [-0.39, 0.29) is 11.7 Å². The number of hydrogen-bond acceptors (Lipinski definition) is 5. The Balaban J connectivity index is 1.37. The number of ether oxygens (including phenoxy) is 1. The van der Waals surface area contributed by atoms with Crippen LogP contribution in [0.3, 0.4) is 0 Å². The molecule has 208 valence electrons. The monoisotopic (exact) mass is 531 g/mol. The second kappa shape index (κ2) is 11.0. The minimum absolute atomic E-state index is 0.233. The highest BCUT2D eigenvalue weighted by atomic mass is 16.6. The summed E-state index contributed by atoms with van der Waals surface area (Å²) in [6.07, 6.45) is 10.3. The number of hydrogen-bond donors (Lipinski definition) is 1. The lowest BCUT2D eigenvalue weighted by atomic mass is 9.68. The van der Waals surface area contributed by atoms with E-state index < -0.39 is 17.1 Å². The van der Waals surface area contributed by atoms with Crippen LogP contribution in [0.25, 0.3) is 10.9 Å². The Hall–Kier alpha value is -3.35. The Labute approximate surface area is 231 Å². The van der Waals surface area contributed by atoms with Crippen LogP contribution in [0.2, 0.25) is 0 Å². The van der Waals surface area contributed by atoms with E-state index in [4.69, 9.17) is 4.74 Å². The lowest BCUT2D eigenvalue weighted by Crippen LogP contribution is -2.49. The Morgan fingerprint density at radius 3 is 2.49 bits per heavy atom. The van der Waals surface area contributed by atoms with E-state index >= 15 is 0 Å². The first-order valence-electron chi connectivity index (χ1n) is 14.4. The number of fused-ring (bicyclic) bond motifs is 1. The number of likely N-dealkylation sites (tertiary alicyclic amines) is 1. The van der Waals surface area contributed by atoms with Gasteiger partial charge in [0, 0.05) is 18.5 Å². The van der Waals surface area contributed by atoms with Crippen molar-refractivity contribution in [1.82, 2.24) is 14.7 Å². The van der Waals surface area contributed by atoms with E-state index in [9.17, 15) is 14.7 Å². The molecule has 39 heavy (non-hydrogen) atoms. The third-order valence-corrected chi connectivity index (χ3v) is 8.37. The number of carbonyl (C=O) groups is 2. The molecule has 1 saturated heterocycles.